The summed E-state index contributed by atoms with van der Waals surface area (Å²) in [6.45, 7) is 9.49. The molecule has 1 N–H and O–H groups in total. The first-order valence-electron chi connectivity index (χ1n) is 6.91. The molecule has 1 aromatic heterocycles. The van der Waals surface area contributed by atoms with Gasteiger partial charge in [-0.1, -0.05) is 38.1 Å². The molecule has 1 atom stereocenters. The smallest absolute Gasteiger partial charge is 0.0900 e. The van der Waals surface area contributed by atoms with Crippen molar-refractivity contribution in [1.82, 2.24) is 10.3 Å². The van der Waals surface area contributed by atoms with E-state index in [2.05, 4.69) is 62.3 Å². The van der Waals surface area contributed by atoms with Crippen LogP contribution in [0.25, 0.3) is 0 Å². The van der Waals surface area contributed by atoms with Crippen molar-refractivity contribution in [2.45, 2.75) is 40.2 Å². The van der Waals surface area contributed by atoms with E-state index in [1.165, 1.54) is 16.0 Å². The van der Waals surface area contributed by atoms with Crippen LogP contribution in [0.3, 0.4) is 0 Å². The summed E-state index contributed by atoms with van der Waals surface area (Å²) in [5.74, 6) is 0. The Morgan fingerprint density at radius 3 is 2.63 bits per heavy atom. The molecule has 1 heterocycles. The van der Waals surface area contributed by atoms with Gasteiger partial charge in [-0.15, -0.1) is 11.3 Å². The molecular weight excluding hydrogens is 252 g/mol. The molecule has 0 bridgehead atoms. The molecule has 2 nitrogen and oxygen atoms in total. The maximum absolute atomic E-state index is 4.56. The Hall–Kier alpha value is -1.19. The molecule has 0 radical (unpaired) electrons. The van der Waals surface area contributed by atoms with Crippen molar-refractivity contribution in [2.24, 2.45) is 0 Å². The summed E-state index contributed by atoms with van der Waals surface area (Å²) >= 11 is 1.80. The molecule has 0 aliphatic rings. The third-order valence-electron chi connectivity index (χ3n) is 3.30. The Morgan fingerprint density at radius 2 is 2.05 bits per heavy atom. The van der Waals surface area contributed by atoms with E-state index < -0.39 is 0 Å². The van der Waals surface area contributed by atoms with E-state index in [-0.39, 0.29) is 6.04 Å². The normalized spacial score (nSPS) is 12.6. The van der Waals surface area contributed by atoms with Crippen LogP contribution in [0.1, 0.15) is 46.6 Å². The standard InChI is InChI=1S/C16H22N2S/c1-5-13-8-7-9-14(10-13)15(17-6-2)16-11(3)18-12(4)19-16/h7-10,15,17H,5-6H2,1-4H3. The van der Waals surface area contributed by atoms with E-state index in [1.807, 2.05) is 0 Å². The zero-order valence-electron chi connectivity index (χ0n) is 12.2. The van der Waals surface area contributed by atoms with Crippen LogP contribution < -0.4 is 5.32 Å². The summed E-state index contributed by atoms with van der Waals surface area (Å²) < 4.78 is 0. The summed E-state index contributed by atoms with van der Waals surface area (Å²) in [6.07, 6.45) is 1.08. The van der Waals surface area contributed by atoms with Gasteiger partial charge < -0.3 is 5.32 Å². The van der Waals surface area contributed by atoms with Gasteiger partial charge in [-0.05, 0) is 37.9 Å². The van der Waals surface area contributed by atoms with Gasteiger partial charge in [-0.3, -0.25) is 0 Å². The Balaban J connectivity index is 2.41. The number of benzene rings is 1. The second-order valence-corrected chi connectivity index (χ2v) is 6.01. The zero-order valence-corrected chi connectivity index (χ0v) is 13.0. The average Bonchev–Trinajstić information content (AvgIpc) is 2.75. The van der Waals surface area contributed by atoms with Crippen molar-refractivity contribution in [1.29, 1.82) is 0 Å². The van der Waals surface area contributed by atoms with Gasteiger partial charge >= 0.3 is 0 Å². The number of thiazole rings is 1. The minimum atomic E-state index is 0.266. The van der Waals surface area contributed by atoms with Crippen LogP contribution in [-0.4, -0.2) is 11.5 Å². The highest BCUT2D eigenvalue weighted by molar-refractivity contribution is 7.11. The van der Waals surface area contributed by atoms with Gasteiger partial charge in [0.05, 0.1) is 16.7 Å². The van der Waals surface area contributed by atoms with Crippen molar-refractivity contribution in [3.63, 3.8) is 0 Å². The van der Waals surface area contributed by atoms with Crippen molar-refractivity contribution < 1.29 is 0 Å². The zero-order chi connectivity index (χ0) is 13.8. The lowest BCUT2D eigenvalue weighted by Gasteiger charge is -2.18. The molecule has 1 unspecified atom stereocenters. The first kappa shape index (κ1) is 14.2. The third-order valence-corrected chi connectivity index (χ3v) is 4.44. The van der Waals surface area contributed by atoms with Crippen LogP contribution in [-0.2, 0) is 6.42 Å². The fraction of sp³-hybridized carbons (Fsp3) is 0.438. The molecular formula is C16H22N2S. The van der Waals surface area contributed by atoms with Crippen molar-refractivity contribution >= 4 is 11.3 Å². The maximum Gasteiger partial charge on any atom is 0.0900 e. The van der Waals surface area contributed by atoms with E-state index in [4.69, 9.17) is 0 Å². The van der Waals surface area contributed by atoms with Crippen molar-refractivity contribution in [3.8, 4) is 0 Å². The van der Waals surface area contributed by atoms with Crippen LogP contribution in [0.2, 0.25) is 0 Å². The average molecular weight is 274 g/mol. The molecule has 0 fully saturated rings. The SMILES string of the molecule is CCNC(c1cccc(CC)c1)c1sc(C)nc1C. The lowest BCUT2D eigenvalue weighted by molar-refractivity contribution is 0.635. The predicted molar refractivity (Wildman–Crippen MR) is 82.9 cm³/mol. The Kier molecular flexibility index (Phi) is 4.72. The molecule has 102 valence electrons. The van der Waals surface area contributed by atoms with E-state index in [0.717, 1.165) is 23.7 Å². The molecule has 0 saturated carbocycles. The number of nitrogens with one attached hydrogen (secondary N) is 1. The number of hydrogen-bond acceptors (Lipinski definition) is 3. The van der Waals surface area contributed by atoms with E-state index in [9.17, 15) is 0 Å². The minimum absolute atomic E-state index is 0.266. The quantitative estimate of drug-likeness (QED) is 0.890. The first-order chi connectivity index (χ1) is 9.15. The highest BCUT2D eigenvalue weighted by atomic mass is 32.1. The number of aromatic nitrogens is 1. The monoisotopic (exact) mass is 274 g/mol. The van der Waals surface area contributed by atoms with E-state index >= 15 is 0 Å². The molecule has 19 heavy (non-hydrogen) atoms. The van der Waals surface area contributed by atoms with Crippen LogP contribution in [0.4, 0.5) is 0 Å². The number of aryl methyl sites for hydroxylation is 3. The van der Waals surface area contributed by atoms with Gasteiger partial charge in [0, 0.05) is 4.88 Å². The van der Waals surface area contributed by atoms with Crippen LogP contribution >= 0.6 is 11.3 Å². The molecule has 3 heteroatoms. The molecule has 2 aromatic rings. The second-order valence-electron chi connectivity index (χ2n) is 4.77. The lowest BCUT2D eigenvalue weighted by atomic mass is 10.0. The van der Waals surface area contributed by atoms with Gasteiger partial charge in [0.2, 0.25) is 0 Å². The van der Waals surface area contributed by atoms with Gasteiger partial charge in [-0.2, -0.15) is 0 Å². The van der Waals surface area contributed by atoms with E-state index in [1.54, 1.807) is 11.3 Å². The fourth-order valence-corrected chi connectivity index (χ4v) is 3.40. The second kappa shape index (κ2) is 6.31. The van der Waals surface area contributed by atoms with Crippen LogP contribution in [0, 0.1) is 13.8 Å². The lowest BCUT2D eigenvalue weighted by Crippen LogP contribution is -2.21. The highest BCUT2D eigenvalue weighted by Crippen LogP contribution is 2.30. The molecule has 0 aliphatic carbocycles. The molecule has 0 amide bonds. The summed E-state index contributed by atoms with van der Waals surface area (Å²) in [5, 5.41) is 4.73. The van der Waals surface area contributed by atoms with Crippen molar-refractivity contribution in [3.05, 3.63) is 51.0 Å². The minimum Gasteiger partial charge on any atom is -0.306 e. The Labute approximate surface area is 119 Å². The highest BCUT2D eigenvalue weighted by Gasteiger charge is 2.18. The van der Waals surface area contributed by atoms with E-state index in [0.29, 0.717) is 0 Å². The largest absolute Gasteiger partial charge is 0.306 e. The number of nitrogens with zero attached hydrogens (tertiary/aromatic N) is 1. The van der Waals surface area contributed by atoms with Gasteiger partial charge in [-0.25, -0.2) is 4.98 Å². The summed E-state index contributed by atoms with van der Waals surface area (Å²) in [4.78, 5) is 5.90. The van der Waals surface area contributed by atoms with Gasteiger partial charge in [0.1, 0.15) is 0 Å². The van der Waals surface area contributed by atoms with Crippen molar-refractivity contribution in [2.75, 3.05) is 6.54 Å². The molecule has 0 saturated heterocycles. The van der Waals surface area contributed by atoms with Gasteiger partial charge in [0.25, 0.3) is 0 Å². The first-order valence-corrected chi connectivity index (χ1v) is 7.73. The summed E-state index contributed by atoms with van der Waals surface area (Å²) in [7, 11) is 0. The summed E-state index contributed by atoms with van der Waals surface area (Å²) in [5.41, 5.74) is 3.88. The van der Waals surface area contributed by atoms with Gasteiger partial charge in [0.15, 0.2) is 0 Å². The predicted octanol–water partition coefficient (Wildman–Crippen LogP) is 4.02. The fourth-order valence-electron chi connectivity index (χ4n) is 2.37. The Bertz CT molecular complexity index is 545. The number of rotatable bonds is 5. The van der Waals surface area contributed by atoms with Crippen LogP contribution in [0.15, 0.2) is 24.3 Å². The Morgan fingerprint density at radius 1 is 1.26 bits per heavy atom. The third kappa shape index (κ3) is 3.23. The topological polar surface area (TPSA) is 24.9 Å². The molecule has 2 rings (SSSR count). The molecule has 0 aliphatic heterocycles. The molecule has 0 spiro atoms. The van der Waals surface area contributed by atoms with Crippen LogP contribution in [0.5, 0.6) is 0 Å². The summed E-state index contributed by atoms with van der Waals surface area (Å²) in [6, 6.07) is 9.13. The molecule has 1 aromatic carbocycles. The maximum atomic E-state index is 4.56. The number of hydrogen-bond donors (Lipinski definition) is 1.